The first-order valence-electron chi connectivity index (χ1n) is 7.44. The minimum atomic E-state index is 0.416. The maximum absolute atomic E-state index is 5.60. The van der Waals surface area contributed by atoms with E-state index in [9.17, 15) is 0 Å². The summed E-state index contributed by atoms with van der Waals surface area (Å²) >= 11 is 0. The number of anilines is 1. The third-order valence-corrected chi connectivity index (χ3v) is 3.75. The Bertz CT molecular complexity index is 371. The van der Waals surface area contributed by atoms with Gasteiger partial charge in [0.1, 0.15) is 0 Å². The van der Waals surface area contributed by atoms with E-state index in [-0.39, 0.29) is 0 Å². The first-order chi connectivity index (χ1) is 9.15. The molecule has 2 N–H and O–H groups in total. The average molecular weight is 266 g/mol. The van der Waals surface area contributed by atoms with Crippen LogP contribution in [0.25, 0.3) is 0 Å². The fraction of sp³-hybridized carbons (Fsp3) is 0.857. The van der Waals surface area contributed by atoms with E-state index in [1.54, 1.807) is 0 Å². The van der Waals surface area contributed by atoms with Gasteiger partial charge in [0.15, 0.2) is 0 Å². The molecule has 0 saturated heterocycles. The quantitative estimate of drug-likeness (QED) is 0.794. The zero-order valence-corrected chi connectivity index (χ0v) is 12.3. The molecule has 0 radical (unpaired) electrons. The first-order valence-corrected chi connectivity index (χ1v) is 7.44. The van der Waals surface area contributed by atoms with Gasteiger partial charge >= 0.3 is 6.01 Å². The molecule has 1 aliphatic carbocycles. The van der Waals surface area contributed by atoms with Crippen LogP contribution in [0.4, 0.5) is 6.01 Å². The summed E-state index contributed by atoms with van der Waals surface area (Å²) in [5.41, 5.74) is 0. The van der Waals surface area contributed by atoms with Gasteiger partial charge in [0.25, 0.3) is 0 Å². The summed E-state index contributed by atoms with van der Waals surface area (Å²) in [6, 6.07) is 0.972. The van der Waals surface area contributed by atoms with Gasteiger partial charge in [-0.2, -0.15) is 0 Å². The zero-order valence-electron chi connectivity index (χ0n) is 12.3. The van der Waals surface area contributed by atoms with Crippen LogP contribution in [-0.4, -0.2) is 22.8 Å². The average Bonchev–Trinajstić information content (AvgIpc) is 2.99. The number of nitrogens with one attached hydrogen (secondary N) is 2. The van der Waals surface area contributed by atoms with Gasteiger partial charge in [-0.05, 0) is 38.1 Å². The maximum atomic E-state index is 5.60. The molecule has 1 heterocycles. The number of rotatable bonds is 7. The van der Waals surface area contributed by atoms with Crippen molar-refractivity contribution >= 4 is 6.01 Å². The third kappa shape index (κ3) is 4.49. The molecule has 5 heteroatoms. The van der Waals surface area contributed by atoms with Crippen LogP contribution in [0.15, 0.2) is 4.42 Å². The van der Waals surface area contributed by atoms with Crippen molar-refractivity contribution < 1.29 is 4.42 Å². The van der Waals surface area contributed by atoms with Crippen LogP contribution in [0.3, 0.4) is 0 Å². The van der Waals surface area contributed by atoms with Crippen molar-refractivity contribution in [2.24, 2.45) is 11.8 Å². The highest BCUT2D eigenvalue weighted by molar-refractivity contribution is 5.19. The Balaban J connectivity index is 1.76. The summed E-state index contributed by atoms with van der Waals surface area (Å²) in [6.45, 7) is 8.17. The van der Waals surface area contributed by atoms with Gasteiger partial charge in [0.2, 0.25) is 5.89 Å². The fourth-order valence-corrected chi connectivity index (χ4v) is 2.62. The Morgan fingerprint density at radius 1 is 1.21 bits per heavy atom. The summed E-state index contributed by atoms with van der Waals surface area (Å²) in [5.74, 6) is 2.03. The molecule has 0 bridgehead atoms. The molecule has 1 atom stereocenters. The van der Waals surface area contributed by atoms with Crippen molar-refractivity contribution in [2.45, 2.75) is 59.0 Å². The van der Waals surface area contributed by atoms with Gasteiger partial charge in [-0.1, -0.05) is 31.8 Å². The molecular formula is C14H26N4O. The van der Waals surface area contributed by atoms with Crippen LogP contribution in [-0.2, 0) is 6.54 Å². The van der Waals surface area contributed by atoms with Crippen molar-refractivity contribution in [1.82, 2.24) is 15.5 Å². The molecular weight excluding hydrogens is 240 g/mol. The van der Waals surface area contributed by atoms with E-state index in [1.807, 2.05) is 0 Å². The van der Waals surface area contributed by atoms with Crippen molar-refractivity contribution in [1.29, 1.82) is 0 Å². The van der Waals surface area contributed by atoms with E-state index in [4.69, 9.17) is 4.42 Å². The third-order valence-electron chi connectivity index (χ3n) is 3.75. The second-order valence-electron chi connectivity index (χ2n) is 6.00. The molecule has 5 nitrogen and oxygen atoms in total. The Morgan fingerprint density at radius 3 is 2.63 bits per heavy atom. The SMILES string of the molecule is CC(C)CNCc1nnc(NC(C)C2CCCC2)o1. The van der Waals surface area contributed by atoms with E-state index >= 15 is 0 Å². The van der Waals surface area contributed by atoms with Crippen LogP contribution < -0.4 is 10.6 Å². The Labute approximate surface area is 115 Å². The van der Waals surface area contributed by atoms with Crippen molar-refractivity contribution in [2.75, 3.05) is 11.9 Å². The lowest BCUT2D eigenvalue weighted by Crippen LogP contribution is -2.23. The lowest BCUT2D eigenvalue weighted by atomic mass is 10.0. The first kappa shape index (κ1) is 14.3. The number of hydrogen-bond donors (Lipinski definition) is 2. The smallest absolute Gasteiger partial charge is 0.315 e. The Hall–Kier alpha value is -1.10. The van der Waals surface area contributed by atoms with Crippen molar-refractivity contribution in [3.05, 3.63) is 5.89 Å². The topological polar surface area (TPSA) is 63.0 Å². The van der Waals surface area contributed by atoms with Crippen molar-refractivity contribution in [3.8, 4) is 0 Å². The molecule has 1 saturated carbocycles. The Kier molecular flexibility index (Phi) is 5.19. The highest BCUT2D eigenvalue weighted by Crippen LogP contribution is 2.28. The largest absolute Gasteiger partial charge is 0.407 e. The standard InChI is InChI=1S/C14H26N4O/c1-10(2)8-15-9-13-17-18-14(19-13)16-11(3)12-6-4-5-7-12/h10-12,15H,4-9H2,1-3H3,(H,16,18). The lowest BCUT2D eigenvalue weighted by Gasteiger charge is -2.18. The van der Waals surface area contributed by atoms with Crippen LogP contribution in [0.2, 0.25) is 0 Å². The highest BCUT2D eigenvalue weighted by Gasteiger charge is 2.22. The van der Waals surface area contributed by atoms with Gasteiger partial charge in [0.05, 0.1) is 6.54 Å². The predicted molar refractivity (Wildman–Crippen MR) is 75.9 cm³/mol. The van der Waals surface area contributed by atoms with Gasteiger partial charge in [-0.25, -0.2) is 0 Å². The molecule has 0 amide bonds. The molecule has 1 aromatic rings. The van der Waals surface area contributed by atoms with E-state index in [1.165, 1.54) is 25.7 Å². The van der Waals surface area contributed by atoms with Crippen LogP contribution >= 0.6 is 0 Å². The zero-order chi connectivity index (χ0) is 13.7. The second kappa shape index (κ2) is 6.89. The molecule has 19 heavy (non-hydrogen) atoms. The van der Waals surface area contributed by atoms with Gasteiger partial charge in [-0.15, -0.1) is 5.10 Å². The summed E-state index contributed by atoms with van der Waals surface area (Å²) in [4.78, 5) is 0. The predicted octanol–water partition coefficient (Wildman–Crippen LogP) is 2.81. The maximum Gasteiger partial charge on any atom is 0.315 e. The van der Waals surface area contributed by atoms with Crippen LogP contribution in [0, 0.1) is 11.8 Å². The molecule has 2 rings (SSSR count). The monoisotopic (exact) mass is 266 g/mol. The molecule has 1 aliphatic rings. The van der Waals surface area contributed by atoms with E-state index in [2.05, 4.69) is 41.6 Å². The van der Waals surface area contributed by atoms with Gasteiger partial charge in [-0.3, -0.25) is 0 Å². The molecule has 0 spiro atoms. The van der Waals surface area contributed by atoms with Crippen LogP contribution in [0.1, 0.15) is 52.3 Å². The summed E-state index contributed by atoms with van der Waals surface area (Å²) in [5, 5.41) is 14.7. The summed E-state index contributed by atoms with van der Waals surface area (Å²) < 4.78 is 5.60. The molecule has 108 valence electrons. The highest BCUT2D eigenvalue weighted by atomic mass is 16.4. The number of aromatic nitrogens is 2. The molecule has 1 unspecified atom stereocenters. The lowest BCUT2D eigenvalue weighted by molar-refractivity contribution is 0.437. The van der Waals surface area contributed by atoms with E-state index in [0.29, 0.717) is 30.4 Å². The summed E-state index contributed by atoms with van der Waals surface area (Å²) in [7, 11) is 0. The molecule has 1 aromatic heterocycles. The minimum Gasteiger partial charge on any atom is -0.407 e. The molecule has 0 aromatic carbocycles. The summed E-state index contributed by atoms with van der Waals surface area (Å²) in [6.07, 6.45) is 5.33. The normalized spacial score (nSPS) is 18.1. The number of nitrogens with zero attached hydrogens (tertiary/aromatic N) is 2. The number of hydrogen-bond acceptors (Lipinski definition) is 5. The van der Waals surface area contributed by atoms with Gasteiger partial charge in [0, 0.05) is 6.04 Å². The molecule has 1 fully saturated rings. The second-order valence-corrected chi connectivity index (χ2v) is 6.00. The minimum absolute atomic E-state index is 0.416. The van der Waals surface area contributed by atoms with Crippen molar-refractivity contribution in [3.63, 3.8) is 0 Å². The molecule has 0 aliphatic heterocycles. The van der Waals surface area contributed by atoms with Gasteiger partial charge < -0.3 is 15.1 Å². The van der Waals surface area contributed by atoms with E-state index < -0.39 is 0 Å². The van der Waals surface area contributed by atoms with Crippen LogP contribution in [0.5, 0.6) is 0 Å². The van der Waals surface area contributed by atoms with E-state index in [0.717, 1.165) is 12.5 Å². The fourth-order valence-electron chi connectivity index (χ4n) is 2.62. The Morgan fingerprint density at radius 2 is 1.95 bits per heavy atom.